The van der Waals surface area contributed by atoms with Crippen LogP contribution in [-0.2, 0) is 16.1 Å². The maximum atomic E-state index is 10.2. The van der Waals surface area contributed by atoms with E-state index in [9.17, 15) is 4.79 Å². The van der Waals surface area contributed by atoms with Gasteiger partial charge in [-0.2, -0.15) is 0 Å². The Kier molecular flexibility index (Phi) is 7.10. The Bertz CT molecular complexity index is 435. The first-order valence-electron chi connectivity index (χ1n) is 6.44. The van der Waals surface area contributed by atoms with Crippen molar-refractivity contribution in [3.8, 4) is 0 Å². The standard InChI is InChI=1S/C16H21NO2/c1-3-7-16(10-11-17-13-18)14(2)19-12-15-8-5-4-6-9-15/h3-9,13H,10-12H2,1-2H3,(H,17,18)/b7-3-,16-14-. The number of hydrogen-bond donors (Lipinski definition) is 1. The van der Waals surface area contributed by atoms with Gasteiger partial charge in [0.05, 0.1) is 5.76 Å². The minimum Gasteiger partial charge on any atom is -0.493 e. The van der Waals surface area contributed by atoms with E-state index in [2.05, 4.69) is 5.32 Å². The van der Waals surface area contributed by atoms with Gasteiger partial charge in [-0.15, -0.1) is 0 Å². The smallest absolute Gasteiger partial charge is 0.207 e. The number of rotatable bonds is 8. The average Bonchev–Trinajstić information content (AvgIpc) is 2.45. The molecule has 3 heteroatoms. The van der Waals surface area contributed by atoms with Gasteiger partial charge in [0.15, 0.2) is 0 Å². The third kappa shape index (κ3) is 5.91. The first-order chi connectivity index (χ1) is 9.27. The zero-order valence-corrected chi connectivity index (χ0v) is 11.6. The zero-order chi connectivity index (χ0) is 13.9. The molecule has 0 spiro atoms. The molecule has 0 atom stereocenters. The van der Waals surface area contributed by atoms with Crippen molar-refractivity contribution in [2.45, 2.75) is 26.9 Å². The molecule has 102 valence electrons. The van der Waals surface area contributed by atoms with E-state index in [1.165, 1.54) is 0 Å². The molecule has 3 nitrogen and oxygen atoms in total. The van der Waals surface area contributed by atoms with Crippen LogP contribution in [0.25, 0.3) is 0 Å². The molecule has 0 aliphatic heterocycles. The second kappa shape index (κ2) is 8.97. The van der Waals surface area contributed by atoms with E-state index in [0.29, 0.717) is 19.6 Å². The summed E-state index contributed by atoms with van der Waals surface area (Å²) < 4.78 is 5.79. The third-order valence-electron chi connectivity index (χ3n) is 2.74. The fourth-order valence-electron chi connectivity index (χ4n) is 1.70. The molecule has 0 saturated heterocycles. The molecule has 1 aromatic rings. The summed E-state index contributed by atoms with van der Waals surface area (Å²) in [6.07, 6.45) is 5.48. The maximum Gasteiger partial charge on any atom is 0.207 e. The number of benzene rings is 1. The largest absolute Gasteiger partial charge is 0.493 e. The highest BCUT2D eigenvalue weighted by molar-refractivity contribution is 5.45. The van der Waals surface area contributed by atoms with Gasteiger partial charge in [0, 0.05) is 6.54 Å². The summed E-state index contributed by atoms with van der Waals surface area (Å²) in [5, 5.41) is 2.66. The zero-order valence-electron chi connectivity index (χ0n) is 11.6. The first kappa shape index (κ1) is 15.0. The van der Waals surface area contributed by atoms with Crippen molar-refractivity contribution in [2.75, 3.05) is 6.54 Å². The van der Waals surface area contributed by atoms with Crippen molar-refractivity contribution in [2.24, 2.45) is 0 Å². The Morgan fingerprint density at radius 1 is 1.32 bits per heavy atom. The number of ether oxygens (including phenoxy) is 1. The first-order valence-corrected chi connectivity index (χ1v) is 6.44. The molecule has 0 aromatic heterocycles. The molecule has 0 saturated carbocycles. The van der Waals surface area contributed by atoms with Crippen LogP contribution < -0.4 is 5.32 Å². The molecule has 0 unspecified atom stereocenters. The predicted octanol–water partition coefficient (Wildman–Crippen LogP) is 3.19. The van der Waals surface area contributed by atoms with Crippen LogP contribution in [-0.4, -0.2) is 13.0 Å². The fourth-order valence-corrected chi connectivity index (χ4v) is 1.70. The van der Waals surface area contributed by atoms with E-state index in [1.807, 2.05) is 56.3 Å². The van der Waals surface area contributed by atoms with Gasteiger partial charge < -0.3 is 10.1 Å². The van der Waals surface area contributed by atoms with Crippen molar-refractivity contribution in [3.05, 3.63) is 59.4 Å². The highest BCUT2D eigenvalue weighted by Crippen LogP contribution is 2.14. The van der Waals surface area contributed by atoms with Gasteiger partial charge >= 0.3 is 0 Å². The summed E-state index contributed by atoms with van der Waals surface area (Å²) in [6, 6.07) is 10.1. The monoisotopic (exact) mass is 259 g/mol. The summed E-state index contributed by atoms with van der Waals surface area (Å²) in [6.45, 7) is 5.11. The Morgan fingerprint density at radius 3 is 2.68 bits per heavy atom. The van der Waals surface area contributed by atoms with E-state index in [1.54, 1.807) is 0 Å². The molecule has 0 bridgehead atoms. The minimum atomic E-state index is 0.564. The molecule has 1 rings (SSSR count). The number of carbonyl (C=O) groups is 1. The molecule has 0 fully saturated rings. The van der Waals surface area contributed by atoms with Crippen LogP contribution in [0.3, 0.4) is 0 Å². The van der Waals surface area contributed by atoms with Crippen molar-refractivity contribution < 1.29 is 9.53 Å². The maximum absolute atomic E-state index is 10.2. The van der Waals surface area contributed by atoms with Gasteiger partial charge in [-0.3, -0.25) is 4.79 Å². The fraction of sp³-hybridized carbons (Fsp3) is 0.312. The quantitative estimate of drug-likeness (QED) is 0.337. The third-order valence-corrected chi connectivity index (χ3v) is 2.74. The molecule has 0 heterocycles. The number of carbonyl (C=O) groups excluding carboxylic acids is 1. The molecular formula is C16H21NO2. The van der Waals surface area contributed by atoms with E-state index >= 15 is 0 Å². The summed E-state index contributed by atoms with van der Waals surface area (Å²) in [5.74, 6) is 0.898. The SMILES string of the molecule is C/C=C\C(CCNC=O)=C(/C)OCc1ccccc1. The molecule has 0 radical (unpaired) electrons. The number of nitrogens with one attached hydrogen (secondary N) is 1. The Labute approximate surface area is 115 Å². The van der Waals surface area contributed by atoms with Gasteiger partial charge in [-0.25, -0.2) is 0 Å². The van der Waals surface area contributed by atoms with Gasteiger partial charge in [0.2, 0.25) is 6.41 Å². The van der Waals surface area contributed by atoms with E-state index in [-0.39, 0.29) is 0 Å². The van der Waals surface area contributed by atoms with Crippen LogP contribution in [0.2, 0.25) is 0 Å². The van der Waals surface area contributed by atoms with E-state index in [4.69, 9.17) is 4.74 Å². The van der Waals surface area contributed by atoms with Gasteiger partial charge in [-0.1, -0.05) is 42.5 Å². The predicted molar refractivity (Wildman–Crippen MR) is 77.4 cm³/mol. The van der Waals surface area contributed by atoms with E-state index in [0.717, 1.165) is 23.3 Å². The molecular weight excluding hydrogens is 238 g/mol. The number of amides is 1. The lowest BCUT2D eigenvalue weighted by Crippen LogP contribution is -2.13. The second-order valence-electron chi connectivity index (χ2n) is 4.18. The minimum absolute atomic E-state index is 0.564. The Morgan fingerprint density at radius 2 is 2.05 bits per heavy atom. The normalized spacial score (nSPS) is 12.1. The summed E-state index contributed by atoms with van der Waals surface area (Å²) in [4.78, 5) is 10.2. The van der Waals surface area contributed by atoms with Crippen molar-refractivity contribution in [3.63, 3.8) is 0 Å². The van der Waals surface area contributed by atoms with Crippen molar-refractivity contribution in [1.82, 2.24) is 5.32 Å². The number of allylic oxidation sites excluding steroid dienone is 3. The summed E-state index contributed by atoms with van der Waals surface area (Å²) >= 11 is 0. The molecule has 19 heavy (non-hydrogen) atoms. The lowest BCUT2D eigenvalue weighted by Gasteiger charge is -2.11. The van der Waals surface area contributed by atoms with Crippen LogP contribution in [0, 0.1) is 0 Å². The topological polar surface area (TPSA) is 38.3 Å². The Balaban J connectivity index is 2.59. The van der Waals surface area contributed by atoms with Crippen LogP contribution in [0.5, 0.6) is 0 Å². The molecule has 1 aromatic carbocycles. The Hall–Kier alpha value is -2.03. The highest BCUT2D eigenvalue weighted by atomic mass is 16.5. The molecule has 0 aliphatic carbocycles. The van der Waals surface area contributed by atoms with Gasteiger partial charge in [0.1, 0.15) is 6.61 Å². The lowest BCUT2D eigenvalue weighted by atomic mass is 10.1. The van der Waals surface area contributed by atoms with Crippen LogP contribution in [0.15, 0.2) is 53.8 Å². The van der Waals surface area contributed by atoms with Crippen LogP contribution >= 0.6 is 0 Å². The van der Waals surface area contributed by atoms with Gasteiger partial charge in [0.25, 0.3) is 0 Å². The van der Waals surface area contributed by atoms with Gasteiger partial charge in [-0.05, 0) is 31.4 Å². The lowest BCUT2D eigenvalue weighted by molar-refractivity contribution is -0.109. The summed E-state index contributed by atoms with van der Waals surface area (Å²) in [7, 11) is 0. The van der Waals surface area contributed by atoms with Crippen molar-refractivity contribution >= 4 is 6.41 Å². The molecule has 1 amide bonds. The van der Waals surface area contributed by atoms with Crippen molar-refractivity contribution in [1.29, 1.82) is 0 Å². The summed E-state index contributed by atoms with van der Waals surface area (Å²) in [5.41, 5.74) is 2.25. The van der Waals surface area contributed by atoms with Crippen LogP contribution in [0.4, 0.5) is 0 Å². The van der Waals surface area contributed by atoms with E-state index < -0.39 is 0 Å². The average molecular weight is 259 g/mol. The molecule has 0 aliphatic rings. The number of hydrogen-bond acceptors (Lipinski definition) is 2. The highest BCUT2D eigenvalue weighted by Gasteiger charge is 2.01. The second-order valence-corrected chi connectivity index (χ2v) is 4.18. The molecule has 1 N–H and O–H groups in total. The van der Waals surface area contributed by atoms with Crippen LogP contribution in [0.1, 0.15) is 25.8 Å².